The number of benzene rings is 1. The summed E-state index contributed by atoms with van der Waals surface area (Å²) >= 11 is 12.3. The van der Waals surface area contributed by atoms with Crippen LogP contribution in [-0.2, 0) is 6.54 Å². The molecule has 1 fully saturated rings. The number of piperidine rings is 1. The van der Waals surface area contributed by atoms with Crippen LogP contribution in [0.15, 0.2) is 18.2 Å². The molecule has 1 aromatic carbocycles. The molecule has 2 rings (SSSR count). The maximum absolute atomic E-state index is 7.46. The molecule has 1 aliphatic heterocycles. The first-order chi connectivity index (χ1) is 8.58. The molecule has 1 aromatic rings. The van der Waals surface area contributed by atoms with Crippen LogP contribution in [0.25, 0.3) is 0 Å². The molecule has 0 unspecified atom stereocenters. The predicted octanol–water partition coefficient (Wildman–Crippen LogP) is 3.14. The van der Waals surface area contributed by atoms with Crippen LogP contribution in [0.3, 0.4) is 0 Å². The lowest BCUT2D eigenvalue weighted by Gasteiger charge is -2.31. The van der Waals surface area contributed by atoms with Crippen molar-refractivity contribution in [2.45, 2.75) is 19.4 Å². The van der Waals surface area contributed by atoms with E-state index in [0.29, 0.717) is 5.84 Å². The van der Waals surface area contributed by atoms with Crippen LogP contribution in [0.2, 0.25) is 10.0 Å². The number of hydrogen-bond donors (Lipinski definition) is 2. The van der Waals surface area contributed by atoms with Gasteiger partial charge in [0.1, 0.15) is 0 Å². The number of hydrogen-bond acceptors (Lipinski definition) is 2. The number of halogens is 2. The highest BCUT2D eigenvalue weighted by Crippen LogP contribution is 2.27. The quantitative estimate of drug-likeness (QED) is 0.662. The highest BCUT2D eigenvalue weighted by Gasteiger charge is 2.22. The van der Waals surface area contributed by atoms with E-state index < -0.39 is 0 Å². The number of rotatable bonds is 3. The summed E-state index contributed by atoms with van der Waals surface area (Å²) in [5.74, 6) is 0.549. The number of nitrogens with zero attached hydrogens (tertiary/aromatic N) is 1. The van der Waals surface area contributed by atoms with Crippen LogP contribution in [0.5, 0.6) is 0 Å². The Morgan fingerprint density at radius 2 is 1.83 bits per heavy atom. The third kappa shape index (κ3) is 3.16. The van der Waals surface area contributed by atoms with Crippen molar-refractivity contribution >= 4 is 29.0 Å². The van der Waals surface area contributed by atoms with Crippen LogP contribution < -0.4 is 5.73 Å². The molecule has 0 spiro atoms. The SMILES string of the molecule is N=C(N)C1CCN(Cc2c(Cl)cccc2Cl)CC1. The fraction of sp³-hybridized carbons (Fsp3) is 0.462. The van der Waals surface area contributed by atoms with Crippen molar-refractivity contribution in [1.29, 1.82) is 5.41 Å². The van der Waals surface area contributed by atoms with E-state index in [1.807, 2.05) is 18.2 Å². The Kier molecular flexibility index (Phi) is 4.49. The average molecular weight is 286 g/mol. The van der Waals surface area contributed by atoms with Crippen molar-refractivity contribution in [3.8, 4) is 0 Å². The largest absolute Gasteiger partial charge is 0.387 e. The van der Waals surface area contributed by atoms with E-state index in [0.717, 1.165) is 48.1 Å². The Hall–Kier alpha value is -0.770. The van der Waals surface area contributed by atoms with E-state index in [-0.39, 0.29) is 5.92 Å². The molecular formula is C13H17Cl2N3. The third-order valence-electron chi connectivity index (χ3n) is 3.47. The van der Waals surface area contributed by atoms with E-state index in [1.165, 1.54) is 0 Å². The summed E-state index contributed by atoms with van der Waals surface area (Å²) in [7, 11) is 0. The monoisotopic (exact) mass is 285 g/mol. The van der Waals surface area contributed by atoms with Crippen LogP contribution in [0.1, 0.15) is 18.4 Å². The molecule has 5 heteroatoms. The van der Waals surface area contributed by atoms with Gasteiger partial charge < -0.3 is 5.73 Å². The Morgan fingerprint density at radius 3 is 2.33 bits per heavy atom. The van der Waals surface area contributed by atoms with Gasteiger partial charge in [-0.2, -0.15) is 0 Å². The summed E-state index contributed by atoms with van der Waals surface area (Å²) in [6, 6.07) is 5.59. The van der Waals surface area contributed by atoms with Crippen molar-refractivity contribution < 1.29 is 0 Å². The lowest BCUT2D eigenvalue weighted by Crippen LogP contribution is -2.37. The van der Waals surface area contributed by atoms with Crippen LogP contribution in [0.4, 0.5) is 0 Å². The van der Waals surface area contributed by atoms with Crippen molar-refractivity contribution in [1.82, 2.24) is 4.90 Å². The van der Waals surface area contributed by atoms with Gasteiger partial charge in [0, 0.05) is 28.1 Å². The second-order valence-corrected chi connectivity index (χ2v) is 5.52. The van der Waals surface area contributed by atoms with Gasteiger partial charge in [-0.3, -0.25) is 10.3 Å². The molecule has 3 nitrogen and oxygen atoms in total. The number of nitrogens with one attached hydrogen (secondary N) is 1. The molecule has 0 amide bonds. The second kappa shape index (κ2) is 5.91. The van der Waals surface area contributed by atoms with Gasteiger partial charge in [-0.1, -0.05) is 29.3 Å². The van der Waals surface area contributed by atoms with E-state index >= 15 is 0 Å². The molecule has 1 saturated heterocycles. The summed E-state index contributed by atoms with van der Waals surface area (Å²) in [6.07, 6.45) is 1.88. The van der Waals surface area contributed by atoms with Crippen LogP contribution in [0, 0.1) is 11.3 Å². The molecule has 3 N–H and O–H groups in total. The Bertz CT molecular complexity index is 420. The molecule has 1 heterocycles. The standard InChI is InChI=1S/C13H17Cl2N3/c14-11-2-1-3-12(15)10(11)8-18-6-4-9(5-7-18)13(16)17/h1-3,9H,4-8H2,(H3,16,17). The molecule has 0 radical (unpaired) electrons. The molecule has 1 aliphatic rings. The first-order valence-electron chi connectivity index (χ1n) is 6.07. The fourth-order valence-corrected chi connectivity index (χ4v) is 2.83. The summed E-state index contributed by atoms with van der Waals surface area (Å²) in [5, 5.41) is 8.90. The second-order valence-electron chi connectivity index (χ2n) is 4.71. The molecule has 98 valence electrons. The van der Waals surface area contributed by atoms with Crippen LogP contribution >= 0.6 is 23.2 Å². The Labute approximate surface area is 117 Å². The summed E-state index contributed by atoms with van der Waals surface area (Å²) < 4.78 is 0. The first kappa shape index (κ1) is 13.7. The maximum Gasteiger partial charge on any atom is 0.0937 e. The number of nitrogens with two attached hydrogens (primary N) is 1. The highest BCUT2D eigenvalue weighted by atomic mass is 35.5. The molecule has 0 saturated carbocycles. The fourth-order valence-electron chi connectivity index (χ4n) is 2.31. The minimum atomic E-state index is 0.239. The van der Waals surface area contributed by atoms with Gasteiger partial charge >= 0.3 is 0 Å². The zero-order valence-electron chi connectivity index (χ0n) is 10.1. The summed E-state index contributed by atoms with van der Waals surface area (Å²) in [5.41, 5.74) is 6.52. The van der Waals surface area contributed by atoms with E-state index in [4.69, 9.17) is 34.3 Å². The Morgan fingerprint density at radius 1 is 1.28 bits per heavy atom. The van der Waals surface area contributed by atoms with E-state index in [2.05, 4.69) is 4.90 Å². The number of likely N-dealkylation sites (tertiary alicyclic amines) is 1. The zero-order chi connectivity index (χ0) is 13.1. The lowest BCUT2D eigenvalue weighted by molar-refractivity contribution is 0.201. The maximum atomic E-state index is 7.46. The molecule has 0 atom stereocenters. The number of amidine groups is 1. The molecular weight excluding hydrogens is 269 g/mol. The van der Waals surface area contributed by atoms with Crippen molar-refractivity contribution in [2.75, 3.05) is 13.1 Å². The van der Waals surface area contributed by atoms with Gasteiger partial charge in [0.15, 0.2) is 0 Å². The predicted molar refractivity (Wildman–Crippen MR) is 76.4 cm³/mol. The first-order valence-corrected chi connectivity index (χ1v) is 6.82. The topological polar surface area (TPSA) is 53.1 Å². The highest BCUT2D eigenvalue weighted by molar-refractivity contribution is 6.35. The van der Waals surface area contributed by atoms with Crippen molar-refractivity contribution in [3.63, 3.8) is 0 Å². The summed E-state index contributed by atoms with van der Waals surface area (Å²) in [6.45, 7) is 2.64. The molecule has 0 bridgehead atoms. The van der Waals surface area contributed by atoms with E-state index in [1.54, 1.807) is 0 Å². The molecule has 18 heavy (non-hydrogen) atoms. The minimum Gasteiger partial charge on any atom is -0.387 e. The lowest BCUT2D eigenvalue weighted by atomic mass is 9.95. The van der Waals surface area contributed by atoms with E-state index in [9.17, 15) is 0 Å². The van der Waals surface area contributed by atoms with Crippen molar-refractivity contribution in [2.24, 2.45) is 11.7 Å². The van der Waals surface area contributed by atoms with Gasteiger partial charge in [-0.15, -0.1) is 0 Å². The van der Waals surface area contributed by atoms with Gasteiger partial charge in [0.2, 0.25) is 0 Å². The van der Waals surface area contributed by atoms with Crippen molar-refractivity contribution in [3.05, 3.63) is 33.8 Å². The van der Waals surface area contributed by atoms with Crippen LogP contribution in [-0.4, -0.2) is 23.8 Å². The van der Waals surface area contributed by atoms with Gasteiger partial charge in [-0.25, -0.2) is 0 Å². The average Bonchev–Trinajstić information content (AvgIpc) is 2.34. The molecule has 0 aromatic heterocycles. The Balaban J connectivity index is 1.98. The summed E-state index contributed by atoms with van der Waals surface area (Å²) in [4.78, 5) is 2.31. The van der Waals surface area contributed by atoms with Gasteiger partial charge in [0.05, 0.1) is 5.84 Å². The minimum absolute atomic E-state index is 0.239. The normalized spacial score (nSPS) is 17.9. The van der Waals surface area contributed by atoms with Gasteiger partial charge in [-0.05, 0) is 38.1 Å². The zero-order valence-corrected chi connectivity index (χ0v) is 11.6. The smallest absolute Gasteiger partial charge is 0.0937 e. The molecule has 0 aliphatic carbocycles. The van der Waals surface area contributed by atoms with Gasteiger partial charge in [0.25, 0.3) is 0 Å². The third-order valence-corrected chi connectivity index (χ3v) is 4.18.